The normalized spacial score (nSPS) is 16.7. The fourth-order valence-corrected chi connectivity index (χ4v) is 5.47. The van der Waals surface area contributed by atoms with Crippen LogP contribution in [0, 0.1) is 5.92 Å². The number of benzene rings is 1. The van der Waals surface area contributed by atoms with Crippen LogP contribution in [0.2, 0.25) is 0 Å². The minimum atomic E-state index is -0.937. The predicted molar refractivity (Wildman–Crippen MR) is 121 cm³/mol. The van der Waals surface area contributed by atoms with E-state index in [9.17, 15) is 15.0 Å². The first-order valence-electron chi connectivity index (χ1n) is 10.7. The first-order chi connectivity index (χ1) is 15.0. The molecule has 0 saturated heterocycles. The largest absolute Gasteiger partial charge is 0.507 e. The topological polar surface area (TPSA) is 90.9 Å². The Morgan fingerprint density at radius 1 is 1.19 bits per heavy atom. The summed E-state index contributed by atoms with van der Waals surface area (Å²) in [5.74, 6) is 0.955. The second-order valence-corrected chi connectivity index (χ2v) is 9.59. The van der Waals surface area contributed by atoms with E-state index in [-0.39, 0.29) is 29.8 Å². The van der Waals surface area contributed by atoms with E-state index >= 15 is 0 Å². The highest BCUT2D eigenvalue weighted by atomic mass is 32.1. The van der Waals surface area contributed by atoms with E-state index in [1.807, 2.05) is 18.2 Å². The van der Waals surface area contributed by atoms with Gasteiger partial charge < -0.3 is 19.7 Å². The third-order valence-electron chi connectivity index (χ3n) is 6.40. The summed E-state index contributed by atoms with van der Waals surface area (Å²) in [6, 6.07) is 15.4. The maximum absolute atomic E-state index is 12.9. The summed E-state index contributed by atoms with van der Waals surface area (Å²) in [5, 5.41) is 29.7. The van der Waals surface area contributed by atoms with E-state index < -0.39 is 11.7 Å². The molecule has 0 radical (unpaired) electrons. The van der Waals surface area contributed by atoms with Gasteiger partial charge in [0.1, 0.15) is 17.6 Å². The van der Waals surface area contributed by atoms with Crippen LogP contribution in [-0.2, 0) is 18.3 Å². The highest BCUT2D eigenvalue weighted by Gasteiger charge is 2.47. The van der Waals surface area contributed by atoms with Crippen molar-refractivity contribution in [2.75, 3.05) is 6.61 Å². The second-order valence-electron chi connectivity index (χ2n) is 8.39. The molecule has 4 rings (SSSR count). The van der Waals surface area contributed by atoms with Gasteiger partial charge in [-0.1, -0.05) is 37.3 Å². The zero-order chi connectivity index (χ0) is 22.0. The summed E-state index contributed by atoms with van der Waals surface area (Å²) < 4.78 is 5.87. The molecule has 164 valence electrons. The number of aromatic hydroxyl groups is 1. The Bertz CT molecular complexity index is 1080. The predicted octanol–water partition coefficient (Wildman–Crippen LogP) is 4.32. The summed E-state index contributed by atoms with van der Waals surface area (Å²) in [6.45, 7) is 1.76. The van der Waals surface area contributed by atoms with E-state index in [1.54, 1.807) is 18.2 Å². The molecule has 31 heavy (non-hydrogen) atoms. The first-order valence-corrected chi connectivity index (χ1v) is 11.6. The number of hydrogen-bond donors (Lipinski definition) is 3. The van der Waals surface area contributed by atoms with Gasteiger partial charge >= 0.3 is 5.63 Å². The number of aliphatic hydroxyl groups is 2. The molecule has 0 spiro atoms. The fraction of sp³-hybridized carbons (Fsp3) is 0.400. The Morgan fingerprint density at radius 2 is 1.94 bits per heavy atom. The lowest BCUT2D eigenvalue weighted by atomic mass is 9.72. The van der Waals surface area contributed by atoms with Crippen molar-refractivity contribution in [3.05, 3.63) is 85.6 Å². The molecular weight excluding hydrogens is 412 g/mol. The molecule has 1 aliphatic rings. The van der Waals surface area contributed by atoms with E-state index in [1.165, 1.54) is 16.9 Å². The molecule has 1 aromatic carbocycles. The lowest BCUT2D eigenvalue weighted by Gasteiger charge is -2.32. The van der Waals surface area contributed by atoms with Crippen LogP contribution in [0.3, 0.4) is 0 Å². The Labute approximate surface area is 185 Å². The Morgan fingerprint density at radius 3 is 2.55 bits per heavy atom. The van der Waals surface area contributed by atoms with Gasteiger partial charge in [0.2, 0.25) is 0 Å². The van der Waals surface area contributed by atoms with Crippen molar-refractivity contribution in [1.29, 1.82) is 0 Å². The molecule has 0 amide bonds. The molecule has 1 aliphatic carbocycles. The van der Waals surface area contributed by atoms with Crippen LogP contribution >= 0.6 is 11.3 Å². The maximum atomic E-state index is 12.9. The molecule has 1 fully saturated rings. The Balaban J connectivity index is 1.66. The standard InChI is InChI=1S/C25H28O5S/c1-2-25(17-8-9-17,14-16-6-4-3-5-7-16)23-13-20(27)19(24(29)30-23)12-18-10-11-22(31-18)21(28)15-26/h3-7,10-11,13,17,21,26-28H,2,8-9,12,14-15H2,1H3/t21-,25+/m0/s1. The quantitative estimate of drug-likeness (QED) is 0.461. The van der Waals surface area contributed by atoms with Gasteiger partial charge in [-0.05, 0) is 49.3 Å². The van der Waals surface area contributed by atoms with E-state index in [0.29, 0.717) is 16.6 Å². The molecule has 6 heteroatoms. The van der Waals surface area contributed by atoms with Crippen LogP contribution in [0.25, 0.3) is 0 Å². The second kappa shape index (κ2) is 8.99. The van der Waals surface area contributed by atoms with Crippen LogP contribution in [0.4, 0.5) is 0 Å². The van der Waals surface area contributed by atoms with Crippen LogP contribution in [0.5, 0.6) is 5.75 Å². The zero-order valence-electron chi connectivity index (χ0n) is 17.6. The minimum absolute atomic E-state index is 0.0459. The molecular formula is C25H28O5S. The fourth-order valence-electron chi connectivity index (χ4n) is 4.46. The molecule has 0 unspecified atom stereocenters. The van der Waals surface area contributed by atoms with Gasteiger partial charge in [-0.2, -0.15) is 0 Å². The minimum Gasteiger partial charge on any atom is -0.507 e. The lowest BCUT2D eigenvalue weighted by molar-refractivity contribution is 0.0984. The molecule has 3 N–H and O–H groups in total. The van der Waals surface area contributed by atoms with E-state index in [2.05, 4.69) is 19.1 Å². The SMILES string of the molecule is CC[C@](Cc1ccccc1)(c1cc(O)c(Cc2ccc([C@@H](O)CO)s2)c(=O)o1)C1CC1. The average molecular weight is 441 g/mol. The third-order valence-corrected chi connectivity index (χ3v) is 7.59. The molecule has 2 aromatic heterocycles. The monoisotopic (exact) mass is 440 g/mol. The van der Waals surface area contributed by atoms with E-state index in [0.717, 1.165) is 30.6 Å². The Hall–Kier alpha value is -2.41. The molecule has 3 aromatic rings. The van der Waals surface area contributed by atoms with Crippen molar-refractivity contribution >= 4 is 11.3 Å². The molecule has 1 saturated carbocycles. The third kappa shape index (κ3) is 4.47. The lowest BCUT2D eigenvalue weighted by Crippen LogP contribution is -2.32. The van der Waals surface area contributed by atoms with Gasteiger partial charge in [0.15, 0.2) is 0 Å². The molecule has 2 heterocycles. The number of aliphatic hydroxyl groups excluding tert-OH is 2. The molecule has 5 nitrogen and oxygen atoms in total. The highest BCUT2D eigenvalue weighted by Crippen LogP contribution is 2.51. The maximum Gasteiger partial charge on any atom is 0.343 e. The summed E-state index contributed by atoms with van der Waals surface area (Å²) in [7, 11) is 0. The van der Waals surface area contributed by atoms with Crippen molar-refractivity contribution in [1.82, 2.24) is 0 Å². The zero-order valence-corrected chi connectivity index (χ0v) is 18.4. The van der Waals surface area contributed by atoms with Crippen LogP contribution in [-0.4, -0.2) is 21.9 Å². The Kier molecular flexibility index (Phi) is 6.32. The van der Waals surface area contributed by atoms with Crippen LogP contribution in [0.15, 0.2) is 57.7 Å². The van der Waals surface area contributed by atoms with Gasteiger partial charge in [0.05, 0.1) is 12.2 Å². The highest BCUT2D eigenvalue weighted by molar-refractivity contribution is 7.12. The number of rotatable bonds is 9. The average Bonchev–Trinajstić information content (AvgIpc) is 3.53. The molecule has 0 aliphatic heterocycles. The van der Waals surface area contributed by atoms with Crippen molar-refractivity contribution in [2.45, 2.75) is 50.5 Å². The van der Waals surface area contributed by atoms with Gasteiger partial charge in [-0.3, -0.25) is 0 Å². The number of hydrogen-bond acceptors (Lipinski definition) is 6. The van der Waals surface area contributed by atoms with Crippen molar-refractivity contribution < 1.29 is 19.7 Å². The van der Waals surface area contributed by atoms with Crippen LogP contribution in [0.1, 0.15) is 58.9 Å². The van der Waals surface area contributed by atoms with E-state index in [4.69, 9.17) is 9.52 Å². The summed E-state index contributed by atoms with van der Waals surface area (Å²) >= 11 is 1.31. The van der Waals surface area contributed by atoms with Crippen LogP contribution < -0.4 is 5.63 Å². The van der Waals surface area contributed by atoms with Gasteiger partial charge in [0.25, 0.3) is 0 Å². The smallest absolute Gasteiger partial charge is 0.343 e. The van der Waals surface area contributed by atoms with Gasteiger partial charge in [-0.15, -0.1) is 11.3 Å². The van der Waals surface area contributed by atoms with Crippen molar-refractivity contribution in [3.8, 4) is 5.75 Å². The summed E-state index contributed by atoms with van der Waals surface area (Å²) in [5.41, 5.74) is 0.587. The summed E-state index contributed by atoms with van der Waals surface area (Å²) in [4.78, 5) is 14.3. The van der Waals surface area contributed by atoms with Gasteiger partial charge in [-0.25, -0.2) is 4.79 Å². The molecule has 0 bridgehead atoms. The first kappa shape index (κ1) is 21.8. The summed E-state index contributed by atoms with van der Waals surface area (Å²) in [6.07, 6.45) is 3.06. The van der Waals surface area contributed by atoms with Gasteiger partial charge in [0, 0.05) is 27.7 Å². The molecule has 2 atom stereocenters. The van der Waals surface area contributed by atoms with Crippen molar-refractivity contribution in [2.24, 2.45) is 5.92 Å². The van der Waals surface area contributed by atoms with Crippen molar-refractivity contribution in [3.63, 3.8) is 0 Å². The number of thiophene rings is 1.